The predicted molar refractivity (Wildman–Crippen MR) is 132 cm³/mol. The van der Waals surface area contributed by atoms with E-state index < -0.39 is 0 Å². The molecule has 30 heavy (non-hydrogen) atoms. The summed E-state index contributed by atoms with van der Waals surface area (Å²) in [5.74, 6) is -0.0438. The maximum absolute atomic E-state index is 11.7. The van der Waals surface area contributed by atoms with Crippen LogP contribution in [0.3, 0.4) is 0 Å². The lowest BCUT2D eigenvalue weighted by molar-refractivity contribution is -0.142. The molecule has 1 N–H and O–H groups in total. The van der Waals surface area contributed by atoms with Gasteiger partial charge in [-0.15, -0.1) is 0 Å². The summed E-state index contributed by atoms with van der Waals surface area (Å²) in [7, 11) is 0. The maximum atomic E-state index is 11.7. The van der Waals surface area contributed by atoms with E-state index in [-0.39, 0.29) is 5.97 Å². The van der Waals surface area contributed by atoms with Crippen molar-refractivity contribution in [2.24, 2.45) is 0 Å². The topological polar surface area (TPSA) is 38.3 Å². The molecule has 3 nitrogen and oxygen atoms in total. The summed E-state index contributed by atoms with van der Waals surface area (Å²) in [6, 6.07) is 0. The van der Waals surface area contributed by atoms with Gasteiger partial charge in [-0.2, -0.15) is 0 Å². The van der Waals surface area contributed by atoms with Crippen molar-refractivity contribution in [1.82, 2.24) is 5.32 Å². The largest absolute Gasteiger partial charge is 0.461 e. The fourth-order valence-electron chi connectivity index (χ4n) is 3.65. The predicted octanol–water partition coefficient (Wildman–Crippen LogP) is 8.13. The normalized spacial score (nSPS) is 11.4. The number of hydrogen-bond acceptors (Lipinski definition) is 3. The van der Waals surface area contributed by atoms with Crippen molar-refractivity contribution < 1.29 is 9.53 Å². The minimum absolute atomic E-state index is 0.0438. The number of allylic oxidation sites excluding steroid dienone is 1. The van der Waals surface area contributed by atoms with Gasteiger partial charge in [0.15, 0.2) is 0 Å². The van der Waals surface area contributed by atoms with E-state index in [9.17, 15) is 4.79 Å². The Morgan fingerprint density at radius 3 is 1.73 bits per heavy atom. The summed E-state index contributed by atoms with van der Waals surface area (Å²) in [5, 5.41) is 3.57. The number of unbranched alkanes of at least 4 members (excludes halogenated alkanes) is 15. The Kier molecular flexibility index (Phi) is 25.5. The van der Waals surface area contributed by atoms with Gasteiger partial charge in [0.25, 0.3) is 0 Å². The van der Waals surface area contributed by atoms with Gasteiger partial charge in [0, 0.05) is 6.42 Å². The molecule has 0 radical (unpaired) electrons. The average Bonchev–Trinajstić information content (AvgIpc) is 2.75. The highest BCUT2D eigenvalue weighted by molar-refractivity contribution is 5.69. The minimum atomic E-state index is -0.0438. The van der Waals surface area contributed by atoms with Gasteiger partial charge < -0.3 is 10.1 Å². The van der Waals surface area contributed by atoms with Gasteiger partial charge >= 0.3 is 5.97 Å². The summed E-state index contributed by atoms with van der Waals surface area (Å²) >= 11 is 0. The molecule has 0 aromatic carbocycles. The maximum Gasteiger partial charge on any atom is 0.306 e. The van der Waals surface area contributed by atoms with Crippen LogP contribution in [0.15, 0.2) is 12.2 Å². The van der Waals surface area contributed by atoms with E-state index >= 15 is 0 Å². The quantitative estimate of drug-likeness (QED) is 0.0967. The smallest absolute Gasteiger partial charge is 0.306 e. The van der Waals surface area contributed by atoms with Gasteiger partial charge in [0.05, 0.1) is 0 Å². The molecule has 0 aromatic rings. The fourth-order valence-corrected chi connectivity index (χ4v) is 3.65. The molecule has 3 heteroatoms. The number of carbonyl (C=O) groups is 1. The number of esters is 1. The van der Waals surface area contributed by atoms with Crippen molar-refractivity contribution in [2.75, 3.05) is 19.7 Å². The van der Waals surface area contributed by atoms with E-state index in [1.54, 1.807) is 0 Å². The average molecular weight is 424 g/mol. The molecule has 0 aliphatic carbocycles. The van der Waals surface area contributed by atoms with Gasteiger partial charge in [-0.25, -0.2) is 0 Å². The van der Waals surface area contributed by atoms with Crippen molar-refractivity contribution in [3.8, 4) is 0 Å². The zero-order valence-electron chi connectivity index (χ0n) is 20.5. The first-order valence-electron chi connectivity index (χ1n) is 13.3. The molecule has 0 aromatic heterocycles. The lowest BCUT2D eigenvalue weighted by Crippen LogP contribution is -2.16. The van der Waals surface area contributed by atoms with Gasteiger partial charge in [0.1, 0.15) is 6.61 Å². The van der Waals surface area contributed by atoms with E-state index in [1.165, 1.54) is 103 Å². The Hall–Kier alpha value is -0.830. The minimum Gasteiger partial charge on any atom is -0.461 e. The van der Waals surface area contributed by atoms with Crippen LogP contribution in [0.2, 0.25) is 0 Å². The highest BCUT2D eigenvalue weighted by Gasteiger charge is 2.01. The van der Waals surface area contributed by atoms with Gasteiger partial charge in [-0.1, -0.05) is 109 Å². The number of nitrogens with one attached hydrogen (secondary N) is 1. The molecule has 0 amide bonds. The van der Waals surface area contributed by atoms with Crippen LogP contribution >= 0.6 is 0 Å². The Morgan fingerprint density at radius 2 is 1.13 bits per heavy atom. The van der Waals surface area contributed by atoms with Crippen molar-refractivity contribution in [3.05, 3.63) is 12.2 Å². The first kappa shape index (κ1) is 29.2. The monoisotopic (exact) mass is 423 g/mol. The van der Waals surface area contributed by atoms with Gasteiger partial charge in [-0.3, -0.25) is 4.79 Å². The second-order valence-electron chi connectivity index (χ2n) is 8.75. The molecular formula is C27H53NO2. The summed E-state index contributed by atoms with van der Waals surface area (Å²) in [6.45, 7) is 7.26. The van der Waals surface area contributed by atoms with Crippen molar-refractivity contribution >= 4 is 5.97 Å². The van der Waals surface area contributed by atoms with Crippen LogP contribution in [0.1, 0.15) is 136 Å². The van der Waals surface area contributed by atoms with Crippen LogP contribution in [0.25, 0.3) is 0 Å². The number of ether oxygens (including phenoxy) is 1. The molecule has 0 fully saturated rings. The molecule has 0 saturated heterocycles. The van der Waals surface area contributed by atoms with Crippen LogP contribution in [-0.4, -0.2) is 25.7 Å². The van der Waals surface area contributed by atoms with Crippen molar-refractivity contribution in [2.45, 2.75) is 136 Å². The number of rotatable bonds is 24. The van der Waals surface area contributed by atoms with Crippen LogP contribution < -0.4 is 5.32 Å². The molecular weight excluding hydrogens is 370 g/mol. The van der Waals surface area contributed by atoms with E-state index in [0.29, 0.717) is 13.0 Å². The summed E-state index contributed by atoms with van der Waals surface area (Å²) in [6.07, 6.45) is 27.9. The third kappa shape index (κ3) is 25.2. The lowest BCUT2D eigenvalue weighted by Gasteiger charge is -2.05. The van der Waals surface area contributed by atoms with Crippen LogP contribution in [0.5, 0.6) is 0 Å². The van der Waals surface area contributed by atoms with Crippen LogP contribution in [0, 0.1) is 0 Å². The molecule has 0 heterocycles. The molecule has 0 atom stereocenters. The summed E-state index contributed by atoms with van der Waals surface area (Å²) in [5.41, 5.74) is 0. The Balaban J connectivity index is 3.17. The second kappa shape index (κ2) is 26.2. The summed E-state index contributed by atoms with van der Waals surface area (Å²) in [4.78, 5) is 11.7. The molecule has 178 valence electrons. The third-order valence-corrected chi connectivity index (χ3v) is 5.67. The van der Waals surface area contributed by atoms with Gasteiger partial charge in [0.2, 0.25) is 0 Å². The first-order chi connectivity index (χ1) is 14.8. The van der Waals surface area contributed by atoms with Crippen LogP contribution in [0.4, 0.5) is 0 Å². The zero-order chi connectivity index (χ0) is 22.0. The van der Waals surface area contributed by atoms with Crippen LogP contribution in [-0.2, 0) is 9.53 Å². The second-order valence-corrected chi connectivity index (χ2v) is 8.75. The Bertz CT molecular complexity index is 368. The van der Waals surface area contributed by atoms with E-state index in [0.717, 1.165) is 25.8 Å². The van der Waals surface area contributed by atoms with E-state index in [1.807, 2.05) is 6.08 Å². The molecule has 0 aliphatic rings. The number of hydrogen-bond donors (Lipinski definition) is 1. The molecule has 0 bridgehead atoms. The third-order valence-electron chi connectivity index (χ3n) is 5.67. The first-order valence-corrected chi connectivity index (χ1v) is 13.3. The van der Waals surface area contributed by atoms with Crippen molar-refractivity contribution in [1.29, 1.82) is 0 Å². The van der Waals surface area contributed by atoms with E-state index in [4.69, 9.17) is 4.74 Å². The molecule has 0 spiro atoms. The molecule has 0 aliphatic heterocycles. The Labute approximate surface area is 188 Å². The SMILES string of the molecule is CCCCCC/C=C\COC(=O)CCCCCCCNCCCCCCCCCC. The standard InChI is InChI=1S/C27H53NO2/c1-3-5-7-9-11-12-16-20-24-28-25-21-17-14-15-19-23-27(29)30-26-22-18-13-10-8-6-4-2/h18,22,28H,3-17,19-21,23-26H2,1-2H3/b22-18-. The highest BCUT2D eigenvalue weighted by atomic mass is 16.5. The number of carbonyl (C=O) groups excluding carboxylic acids is 1. The molecule has 0 rings (SSSR count). The highest BCUT2D eigenvalue weighted by Crippen LogP contribution is 2.08. The molecule has 0 unspecified atom stereocenters. The lowest BCUT2D eigenvalue weighted by atomic mass is 10.1. The van der Waals surface area contributed by atoms with Crippen molar-refractivity contribution in [3.63, 3.8) is 0 Å². The van der Waals surface area contributed by atoms with E-state index in [2.05, 4.69) is 25.2 Å². The fraction of sp³-hybridized carbons (Fsp3) is 0.889. The zero-order valence-corrected chi connectivity index (χ0v) is 20.5. The summed E-state index contributed by atoms with van der Waals surface area (Å²) < 4.78 is 5.26. The van der Waals surface area contributed by atoms with Gasteiger partial charge in [-0.05, 0) is 45.2 Å². The Morgan fingerprint density at radius 1 is 0.633 bits per heavy atom. The molecule has 0 saturated carbocycles.